The Morgan fingerprint density at radius 2 is 1.89 bits per heavy atom. The van der Waals surface area contributed by atoms with Gasteiger partial charge in [-0.05, 0) is 69.0 Å². The lowest BCUT2D eigenvalue weighted by atomic mass is 10.1. The first-order chi connectivity index (χ1) is 20.9. The second-order valence-electron chi connectivity index (χ2n) is 12.1. The zero-order valence-corrected chi connectivity index (χ0v) is 26.5. The number of nitrogens with zero attached hydrogens (tertiary/aromatic N) is 4. The number of halogens is 1. The van der Waals surface area contributed by atoms with Gasteiger partial charge in [0.15, 0.2) is 5.78 Å². The number of rotatable bonds is 8. The Balaban J connectivity index is 1.53. The van der Waals surface area contributed by atoms with E-state index in [0.717, 1.165) is 24.0 Å². The van der Waals surface area contributed by atoms with E-state index in [0.29, 0.717) is 47.4 Å². The van der Waals surface area contributed by atoms with Gasteiger partial charge in [0.05, 0.1) is 24.9 Å². The van der Waals surface area contributed by atoms with E-state index in [4.69, 9.17) is 26.1 Å². The average Bonchev–Trinajstić information content (AvgIpc) is 3.33. The lowest BCUT2D eigenvalue weighted by Crippen LogP contribution is -2.49. The van der Waals surface area contributed by atoms with Crippen LogP contribution in [0.1, 0.15) is 55.2 Å². The van der Waals surface area contributed by atoms with Crippen LogP contribution in [0.25, 0.3) is 11.0 Å². The number of benzene rings is 2. The summed E-state index contributed by atoms with van der Waals surface area (Å²) in [7, 11) is 3.18. The number of Topliss-reactive ketones (excluding diaryl/α,β-unsaturated/α-hetero) is 1. The van der Waals surface area contributed by atoms with E-state index in [9.17, 15) is 14.4 Å². The van der Waals surface area contributed by atoms with Gasteiger partial charge in [-0.2, -0.15) is 0 Å². The van der Waals surface area contributed by atoms with E-state index < -0.39 is 11.7 Å². The van der Waals surface area contributed by atoms with Gasteiger partial charge in [-0.3, -0.25) is 9.59 Å². The van der Waals surface area contributed by atoms with Crippen LogP contribution in [0.2, 0.25) is 5.02 Å². The first kappa shape index (κ1) is 31.1. The summed E-state index contributed by atoms with van der Waals surface area (Å²) in [5.74, 6) is 1.02. The van der Waals surface area contributed by atoms with Crippen LogP contribution in [0.4, 0.5) is 10.7 Å². The highest BCUT2D eigenvalue weighted by molar-refractivity contribution is 6.31. The molecule has 11 heteroatoms. The zero-order chi connectivity index (χ0) is 31.6. The Bertz CT molecular complexity index is 1760. The molecule has 0 spiro atoms. The molecule has 2 aromatic carbocycles. The number of alkyl carbamates (subject to hydrolysis) is 1. The number of pyridine rings is 1. The zero-order valence-electron chi connectivity index (χ0n) is 25.7. The molecule has 44 heavy (non-hydrogen) atoms. The molecule has 5 rings (SSSR count). The molecule has 1 N–H and O–H groups in total. The number of anilines is 1. The third-order valence-corrected chi connectivity index (χ3v) is 7.98. The van der Waals surface area contributed by atoms with E-state index in [2.05, 4.69) is 10.2 Å². The summed E-state index contributed by atoms with van der Waals surface area (Å²) in [5.41, 5.74) is 1.74. The summed E-state index contributed by atoms with van der Waals surface area (Å²) in [5, 5.41) is 3.56. The summed E-state index contributed by atoms with van der Waals surface area (Å²) in [6, 6.07) is 16.3. The molecular weight excluding hydrogens is 582 g/mol. The molecule has 1 amide bonds. The molecule has 3 heterocycles. The molecule has 10 nitrogen and oxygen atoms in total. The molecule has 1 aliphatic rings. The van der Waals surface area contributed by atoms with Crippen LogP contribution in [0, 0.1) is 0 Å². The maximum Gasteiger partial charge on any atom is 0.407 e. The predicted molar refractivity (Wildman–Crippen MR) is 171 cm³/mol. The molecular formula is C33H38ClN5O5. The van der Waals surface area contributed by atoms with Crippen LogP contribution in [0.15, 0.2) is 59.4 Å². The van der Waals surface area contributed by atoms with Crippen molar-refractivity contribution in [3.63, 3.8) is 0 Å². The number of amides is 1. The van der Waals surface area contributed by atoms with Crippen molar-refractivity contribution in [1.82, 2.24) is 19.4 Å². The van der Waals surface area contributed by atoms with Gasteiger partial charge in [-0.15, -0.1) is 0 Å². The summed E-state index contributed by atoms with van der Waals surface area (Å²) in [6.07, 6.45) is 1.22. The van der Waals surface area contributed by atoms with Crippen molar-refractivity contribution >= 4 is 40.5 Å². The number of piperidine rings is 1. The quantitative estimate of drug-likeness (QED) is 0.264. The van der Waals surface area contributed by atoms with Crippen LogP contribution in [-0.4, -0.2) is 57.8 Å². The van der Waals surface area contributed by atoms with Crippen molar-refractivity contribution in [2.24, 2.45) is 7.05 Å². The molecule has 2 aromatic heterocycles. The lowest BCUT2D eigenvalue weighted by molar-refractivity contribution is 0.0499. The maximum atomic E-state index is 13.9. The van der Waals surface area contributed by atoms with Gasteiger partial charge in [-0.1, -0.05) is 41.9 Å². The third kappa shape index (κ3) is 6.91. The number of carbonyl (C=O) groups excluding carboxylic acids is 2. The first-order valence-corrected chi connectivity index (χ1v) is 15.1. The molecule has 0 unspecified atom stereocenters. The predicted octanol–water partition coefficient (Wildman–Crippen LogP) is 5.36. The highest BCUT2D eigenvalue weighted by atomic mass is 35.5. The van der Waals surface area contributed by atoms with Crippen molar-refractivity contribution in [3.8, 4) is 5.75 Å². The van der Waals surface area contributed by atoms with Crippen molar-refractivity contribution < 1.29 is 19.1 Å². The fraction of sp³-hybridized carbons (Fsp3) is 0.394. The van der Waals surface area contributed by atoms with Crippen LogP contribution < -0.4 is 20.5 Å². The van der Waals surface area contributed by atoms with Crippen molar-refractivity contribution in [2.75, 3.05) is 25.1 Å². The number of hydrogen-bond donors (Lipinski definition) is 1. The van der Waals surface area contributed by atoms with Crippen molar-refractivity contribution in [1.29, 1.82) is 0 Å². The molecule has 232 valence electrons. The summed E-state index contributed by atoms with van der Waals surface area (Å²) in [4.78, 5) is 47.0. The SMILES string of the molecule is COc1cccc(CC(=O)c2cc3nc(N4CCC[C@@H](NC(=O)OC(C)(C)C)C4)n(Cc4ccccc4Cl)c3c(=O)n2C)c1. The number of ether oxygens (including phenoxy) is 2. The summed E-state index contributed by atoms with van der Waals surface area (Å²) in [6.45, 7) is 6.94. The van der Waals surface area contributed by atoms with E-state index >= 15 is 0 Å². The fourth-order valence-corrected chi connectivity index (χ4v) is 5.74. The number of methoxy groups -OCH3 is 1. The number of fused-ring (bicyclic) bond motifs is 1. The molecule has 1 aliphatic heterocycles. The number of ketones is 1. The average molecular weight is 620 g/mol. The van der Waals surface area contributed by atoms with Gasteiger partial charge in [-0.25, -0.2) is 9.78 Å². The van der Waals surface area contributed by atoms with Gasteiger partial charge in [0.1, 0.15) is 16.9 Å². The van der Waals surface area contributed by atoms with E-state index in [1.807, 2.05) is 73.9 Å². The number of aromatic nitrogens is 3. The maximum absolute atomic E-state index is 13.9. The summed E-state index contributed by atoms with van der Waals surface area (Å²) >= 11 is 6.55. The molecule has 1 saturated heterocycles. The molecule has 0 aliphatic carbocycles. The van der Waals surface area contributed by atoms with E-state index in [1.54, 1.807) is 20.2 Å². The van der Waals surface area contributed by atoms with Crippen LogP contribution in [0.3, 0.4) is 0 Å². The Morgan fingerprint density at radius 3 is 2.61 bits per heavy atom. The second-order valence-corrected chi connectivity index (χ2v) is 12.5. The Labute approximate surface area is 261 Å². The summed E-state index contributed by atoms with van der Waals surface area (Å²) < 4.78 is 14.0. The smallest absolute Gasteiger partial charge is 0.407 e. The number of imidazole rings is 1. The van der Waals surface area contributed by atoms with E-state index in [-0.39, 0.29) is 29.5 Å². The second kappa shape index (κ2) is 12.7. The molecule has 0 radical (unpaired) electrons. The topological polar surface area (TPSA) is 108 Å². The van der Waals surface area contributed by atoms with Crippen LogP contribution in [-0.2, 0) is 24.8 Å². The van der Waals surface area contributed by atoms with Crippen molar-refractivity contribution in [3.05, 3.63) is 86.8 Å². The molecule has 1 atom stereocenters. The van der Waals surface area contributed by atoms with Gasteiger partial charge in [0, 0.05) is 37.6 Å². The largest absolute Gasteiger partial charge is 0.497 e. The number of nitrogens with one attached hydrogen (secondary N) is 1. The lowest BCUT2D eigenvalue weighted by Gasteiger charge is -2.34. The molecule has 4 aromatic rings. The van der Waals surface area contributed by atoms with Crippen LogP contribution in [0.5, 0.6) is 5.75 Å². The molecule has 0 bridgehead atoms. The highest BCUT2D eigenvalue weighted by Gasteiger charge is 2.29. The third-order valence-electron chi connectivity index (χ3n) is 7.61. The van der Waals surface area contributed by atoms with Gasteiger partial charge < -0.3 is 28.8 Å². The monoisotopic (exact) mass is 619 g/mol. The fourth-order valence-electron chi connectivity index (χ4n) is 5.54. The number of hydrogen-bond acceptors (Lipinski definition) is 7. The first-order valence-electron chi connectivity index (χ1n) is 14.7. The van der Waals surface area contributed by atoms with Crippen LogP contribution >= 0.6 is 11.6 Å². The van der Waals surface area contributed by atoms with Gasteiger partial charge in [0.25, 0.3) is 5.56 Å². The number of carbonyl (C=O) groups is 2. The standard InChI is InChI=1S/C33H38ClN5O5/c1-33(2,3)44-32(42)35-23-12-9-15-38(20-23)31-36-26-18-27(28(40)17-21-10-8-13-24(16-21)43-5)37(4)30(41)29(26)39(31)19-22-11-6-7-14-25(22)34/h6-8,10-11,13-14,16,18,23H,9,12,15,17,19-20H2,1-5H3,(H,35,42)/t23-/m1/s1. The van der Waals surface area contributed by atoms with Gasteiger partial charge >= 0.3 is 6.09 Å². The minimum atomic E-state index is -0.608. The highest BCUT2D eigenvalue weighted by Crippen LogP contribution is 2.28. The van der Waals surface area contributed by atoms with E-state index in [1.165, 1.54) is 4.57 Å². The Kier molecular flexibility index (Phi) is 9.01. The normalized spacial score (nSPS) is 15.3. The molecule has 0 saturated carbocycles. The van der Waals surface area contributed by atoms with Gasteiger partial charge in [0.2, 0.25) is 5.95 Å². The molecule has 1 fully saturated rings. The van der Waals surface area contributed by atoms with Crippen molar-refractivity contribution in [2.45, 2.75) is 58.2 Å². The Hall–Kier alpha value is -4.31. The minimum absolute atomic E-state index is 0.104. The Morgan fingerprint density at radius 1 is 1.11 bits per heavy atom. The minimum Gasteiger partial charge on any atom is -0.497 e.